The first kappa shape index (κ1) is 28.3. The first-order chi connectivity index (χ1) is 16.0. The van der Waals surface area contributed by atoms with Gasteiger partial charge in [-0.25, -0.2) is 4.79 Å². The van der Waals surface area contributed by atoms with Crippen molar-refractivity contribution in [2.24, 2.45) is 5.73 Å². The third-order valence-electron chi connectivity index (χ3n) is 4.62. The van der Waals surface area contributed by atoms with Crippen LogP contribution in [0.1, 0.15) is 18.4 Å². The van der Waals surface area contributed by atoms with E-state index >= 15 is 0 Å². The molecule has 10 N–H and O–H groups in total. The molecule has 1 aromatic rings. The molecule has 4 atom stereocenters. The maximum atomic E-state index is 12.7. The molecule has 0 aromatic heterocycles. The van der Waals surface area contributed by atoms with Gasteiger partial charge >= 0.3 is 11.9 Å². The van der Waals surface area contributed by atoms with E-state index in [0.29, 0.717) is 5.56 Å². The molecule has 0 aliphatic rings. The van der Waals surface area contributed by atoms with Gasteiger partial charge in [0.05, 0.1) is 13.2 Å². The van der Waals surface area contributed by atoms with Crippen LogP contribution in [0.3, 0.4) is 0 Å². The molecule has 0 radical (unpaired) electrons. The number of phenols is 1. The van der Waals surface area contributed by atoms with Crippen molar-refractivity contribution in [3.05, 3.63) is 29.8 Å². The van der Waals surface area contributed by atoms with E-state index in [0.717, 1.165) is 0 Å². The Bertz CT molecular complexity index is 877. The second-order valence-corrected chi connectivity index (χ2v) is 7.30. The predicted molar refractivity (Wildman–Crippen MR) is 114 cm³/mol. The number of hydrogen-bond acceptors (Lipinski definition) is 9. The molecule has 0 saturated heterocycles. The molecule has 1 rings (SSSR count). The fraction of sp³-hybridized carbons (Fsp3) is 0.450. The van der Waals surface area contributed by atoms with Crippen LogP contribution in [0.4, 0.5) is 0 Å². The summed E-state index contributed by atoms with van der Waals surface area (Å²) in [5.41, 5.74) is 5.80. The van der Waals surface area contributed by atoms with Gasteiger partial charge in [0.25, 0.3) is 0 Å². The molecular weight excluding hydrogens is 456 g/mol. The van der Waals surface area contributed by atoms with Crippen molar-refractivity contribution < 1.29 is 49.5 Å². The second-order valence-electron chi connectivity index (χ2n) is 7.30. The number of rotatable bonds is 14. The van der Waals surface area contributed by atoms with Crippen molar-refractivity contribution in [3.63, 3.8) is 0 Å². The summed E-state index contributed by atoms with van der Waals surface area (Å²) >= 11 is 0. The quantitative estimate of drug-likeness (QED) is 0.126. The smallest absolute Gasteiger partial charge is 0.326 e. The van der Waals surface area contributed by atoms with Gasteiger partial charge in [-0.15, -0.1) is 0 Å². The number of aliphatic carboxylic acids is 2. The molecule has 14 nitrogen and oxygen atoms in total. The van der Waals surface area contributed by atoms with Crippen LogP contribution in [0.5, 0.6) is 5.75 Å². The molecule has 1 aromatic carbocycles. The van der Waals surface area contributed by atoms with E-state index in [1.54, 1.807) is 0 Å². The lowest BCUT2D eigenvalue weighted by molar-refractivity contribution is -0.143. The number of nitrogens with one attached hydrogen (secondary N) is 3. The van der Waals surface area contributed by atoms with Gasteiger partial charge in [0, 0.05) is 12.8 Å². The van der Waals surface area contributed by atoms with Crippen molar-refractivity contribution in [1.29, 1.82) is 0 Å². The second kappa shape index (κ2) is 13.7. The van der Waals surface area contributed by atoms with Gasteiger partial charge in [-0.05, 0) is 24.1 Å². The molecule has 14 heteroatoms. The molecule has 4 unspecified atom stereocenters. The van der Waals surface area contributed by atoms with Gasteiger partial charge in [-0.3, -0.25) is 19.2 Å². The molecule has 0 aliphatic carbocycles. The van der Waals surface area contributed by atoms with E-state index in [1.165, 1.54) is 24.3 Å². The molecule has 0 bridgehead atoms. The van der Waals surface area contributed by atoms with Gasteiger partial charge < -0.3 is 47.2 Å². The lowest BCUT2D eigenvalue weighted by Crippen LogP contribution is -2.58. The molecule has 0 saturated carbocycles. The van der Waals surface area contributed by atoms with Gasteiger partial charge in [-0.1, -0.05) is 12.1 Å². The van der Waals surface area contributed by atoms with Crippen LogP contribution >= 0.6 is 0 Å². The Hall–Kier alpha value is -3.75. The summed E-state index contributed by atoms with van der Waals surface area (Å²) in [7, 11) is 0. The Morgan fingerprint density at radius 2 is 1.32 bits per heavy atom. The van der Waals surface area contributed by atoms with Crippen molar-refractivity contribution in [1.82, 2.24) is 16.0 Å². The van der Waals surface area contributed by atoms with Gasteiger partial charge in [0.2, 0.25) is 17.7 Å². The van der Waals surface area contributed by atoms with Crippen molar-refractivity contribution in [2.45, 2.75) is 43.4 Å². The van der Waals surface area contributed by atoms with Crippen LogP contribution < -0.4 is 21.7 Å². The first-order valence-electron chi connectivity index (χ1n) is 10.1. The highest BCUT2D eigenvalue weighted by molar-refractivity contribution is 5.94. The highest BCUT2D eigenvalue weighted by Crippen LogP contribution is 2.12. The van der Waals surface area contributed by atoms with E-state index in [1.807, 2.05) is 0 Å². The number of aromatic hydroxyl groups is 1. The summed E-state index contributed by atoms with van der Waals surface area (Å²) in [6.45, 7) is -1.63. The van der Waals surface area contributed by atoms with Crippen LogP contribution in [0.25, 0.3) is 0 Å². The number of aliphatic hydroxyl groups excluding tert-OH is 2. The average molecular weight is 484 g/mol. The first-order valence-corrected chi connectivity index (χ1v) is 10.1. The van der Waals surface area contributed by atoms with E-state index < -0.39 is 79.9 Å². The van der Waals surface area contributed by atoms with Crippen molar-refractivity contribution in [2.75, 3.05) is 13.2 Å². The zero-order chi connectivity index (χ0) is 25.8. The number of carboxylic acid groups (broad SMARTS) is 2. The number of carbonyl (C=O) groups excluding carboxylic acids is 3. The summed E-state index contributed by atoms with van der Waals surface area (Å²) in [4.78, 5) is 59.5. The Morgan fingerprint density at radius 3 is 1.82 bits per heavy atom. The SMILES string of the molecule is NC(CO)C(=O)NC(CO)C(=O)NC(CCC(=O)O)C(=O)NC(Cc1ccc(O)cc1)C(=O)O. The number of benzene rings is 1. The number of aliphatic hydroxyl groups is 2. The normalized spacial score (nSPS) is 14.2. The topological polar surface area (TPSA) is 249 Å². The van der Waals surface area contributed by atoms with Gasteiger partial charge in [-0.2, -0.15) is 0 Å². The molecule has 0 fully saturated rings. The minimum atomic E-state index is -1.57. The van der Waals surface area contributed by atoms with Crippen LogP contribution in [-0.2, 0) is 30.4 Å². The zero-order valence-electron chi connectivity index (χ0n) is 18.0. The molecule has 34 heavy (non-hydrogen) atoms. The monoisotopic (exact) mass is 484 g/mol. The predicted octanol–water partition coefficient (Wildman–Crippen LogP) is -3.35. The summed E-state index contributed by atoms with van der Waals surface area (Å²) in [6, 6.07) is -0.336. The Morgan fingerprint density at radius 1 is 0.794 bits per heavy atom. The minimum absolute atomic E-state index is 0.0402. The van der Waals surface area contributed by atoms with E-state index in [9.17, 15) is 39.3 Å². The number of amides is 3. The molecule has 188 valence electrons. The summed E-state index contributed by atoms with van der Waals surface area (Å²) in [5.74, 6) is -5.74. The highest BCUT2D eigenvalue weighted by atomic mass is 16.4. The number of carbonyl (C=O) groups is 5. The Kier molecular flexibility index (Phi) is 11.4. The molecule has 0 aliphatic heterocycles. The summed E-state index contributed by atoms with van der Waals surface area (Å²) in [6.07, 6.45) is -1.14. The zero-order valence-corrected chi connectivity index (χ0v) is 18.0. The van der Waals surface area contributed by atoms with Gasteiger partial charge in [0.1, 0.15) is 29.9 Å². The van der Waals surface area contributed by atoms with Crippen LogP contribution in [0, 0.1) is 0 Å². The largest absolute Gasteiger partial charge is 0.508 e. The number of hydrogen-bond donors (Lipinski definition) is 9. The Balaban J connectivity index is 2.95. The van der Waals surface area contributed by atoms with Crippen LogP contribution in [-0.4, -0.2) is 92.6 Å². The van der Waals surface area contributed by atoms with E-state index in [2.05, 4.69) is 16.0 Å². The third-order valence-corrected chi connectivity index (χ3v) is 4.62. The van der Waals surface area contributed by atoms with Crippen LogP contribution in [0.15, 0.2) is 24.3 Å². The van der Waals surface area contributed by atoms with Crippen molar-refractivity contribution in [3.8, 4) is 5.75 Å². The molecule has 3 amide bonds. The summed E-state index contributed by atoms with van der Waals surface area (Å²) < 4.78 is 0. The number of carboxylic acids is 2. The number of nitrogens with two attached hydrogens (primary N) is 1. The minimum Gasteiger partial charge on any atom is -0.508 e. The summed E-state index contributed by atoms with van der Waals surface area (Å²) in [5, 5.41) is 52.5. The Labute approximate surface area is 193 Å². The van der Waals surface area contributed by atoms with Crippen molar-refractivity contribution >= 4 is 29.7 Å². The molecule has 0 heterocycles. The molecule has 0 spiro atoms. The lowest BCUT2D eigenvalue weighted by Gasteiger charge is -2.24. The van der Waals surface area contributed by atoms with E-state index in [-0.39, 0.29) is 12.2 Å². The average Bonchev–Trinajstić information content (AvgIpc) is 2.79. The highest BCUT2D eigenvalue weighted by Gasteiger charge is 2.30. The fourth-order valence-electron chi connectivity index (χ4n) is 2.70. The standard InChI is InChI=1S/C20H28N4O10/c21-12(8-25)17(30)24-15(9-26)19(32)22-13(5-6-16(28)29)18(31)23-14(20(33)34)7-10-1-3-11(27)4-2-10/h1-4,12-15,25-27H,5-9,21H2,(H,22,32)(H,23,31)(H,24,30)(H,28,29)(H,33,34). The van der Waals surface area contributed by atoms with E-state index in [4.69, 9.17) is 15.9 Å². The fourth-order valence-corrected chi connectivity index (χ4v) is 2.70. The maximum Gasteiger partial charge on any atom is 0.326 e. The number of phenolic OH excluding ortho intramolecular Hbond substituents is 1. The third kappa shape index (κ3) is 9.40. The van der Waals surface area contributed by atoms with Crippen LogP contribution in [0.2, 0.25) is 0 Å². The van der Waals surface area contributed by atoms with Gasteiger partial charge in [0.15, 0.2) is 0 Å². The lowest BCUT2D eigenvalue weighted by atomic mass is 10.0. The maximum absolute atomic E-state index is 12.7. The molecular formula is C20H28N4O10.